The number of phenolic OH excluding ortho intramolecular Hbond substituents is 1. The molecule has 3 heteroatoms. The van der Waals surface area contributed by atoms with Gasteiger partial charge in [-0.25, -0.2) is 0 Å². The molecule has 0 unspecified atom stereocenters. The van der Waals surface area contributed by atoms with Crippen molar-refractivity contribution in [3.63, 3.8) is 0 Å². The number of fused-ring (bicyclic) bond motifs is 1. The molecule has 0 radical (unpaired) electrons. The minimum atomic E-state index is 0.313. The predicted molar refractivity (Wildman–Crippen MR) is 80.0 cm³/mol. The Morgan fingerprint density at radius 3 is 2.85 bits per heavy atom. The van der Waals surface area contributed by atoms with E-state index in [2.05, 4.69) is 4.90 Å². The summed E-state index contributed by atoms with van der Waals surface area (Å²) in [6.07, 6.45) is 8.18. The van der Waals surface area contributed by atoms with Crippen molar-refractivity contribution in [3.05, 3.63) is 23.8 Å². The van der Waals surface area contributed by atoms with Crippen LogP contribution in [0.3, 0.4) is 0 Å². The van der Waals surface area contributed by atoms with E-state index in [1.807, 2.05) is 18.2 Å². The van der Waals surface area contributed by atoms with Gasteiger partial charge in [-0.15, -0.1) is 0 Å². The van der Waals surface area contributed by atoms with Crippen LogP contribution in [-0.2, 0) is 6.54 Å². The smallest absolute Gasteiger partial charge is 0.162 e. The number of likely N-dealkylation sites (tertiary alicyclic amines) is 1. The topological polar surface area (TPSA) is 32.7 Å². The van der Waals surface area contributed by atoms with Gasteiger partial charge in [0, 0.05) is 18.2 Å². The van der Waals surface area contributed by atoms with Crippen molar-refractivity contribution in [1.29, 1.82) is 0 Å². The monoisotopic (exact) mass is 275 g/mol. The Balaban J connectivity index is 1.76. The highest BCUT2D eigenvalue weighted by Gasteiger charge is 2.33. The molecule has 1 aromatic carbocycles. The molecular formula is C17H25NO2. The molecule has 1 aliphatic carbocycles. The lowest BCUT2D eigenvalue weighted by Crippen LogP contribution is -2.46. The molecule has 3 nitrogen and oxygen atoms in total. The Bertz CT molecular complexity index is 458. The summed E-state index contributed by atoms with van der Waals surface area (Å²) in [4.78, 5) is 2.59. The van der Waals surface area contributed by atoms with Gasteiger partial charge in [0.25, 0.3) is 0 Å². The van der Waals surface area contributed by atoms with Gasteiger partial charge in [-0.1, -0.05) is 25.0 Å². The van der Waals surface area contributed by atoms with Gasteiger partial charge in [0.1, 0.15) is 0 Å². The maximum absolute atomic E-state index is 10.3. The lowest BCUT2D eigenvalue weighted by Gasteiger charge is -2.44. The van der Waals surface area contributed by atoms with Crippen LogP contribution in [0, 0.1) is 5.92 Å². The van der Waals surface area contributed by atoms with E-state index in [-0.39, 0.29) is 0 Å². The van der Waals surface area contributed by atoms with Crippen LogP contribution in [0.2, 0.25) is 0 Å². The van der Waals surface area contributed by atoms with E-state index in [1.54, 1.807) is 7.11 Å². The molecule has 0 spiro atoms. The zero-order valence-electron chi connectivity index (χ0n) is 12.3. The average Bonchev–Trinajstić information content (AvgIpc) is 2.50. The van der Waals surface area contributed by atoms with Gasteiger partial charge in [0.15, 0.2) is 11.5 Å². The normalized spacial score (nSPS) is 27.1. The van der Waals surface area contributed by atoms with Crippen LogP contribution in [0.25, 0.3) is 0 Å². The van der Waals surface area contributed by atoms with Gasteiger partial charge in [-0.05, 0) is 44.2 Å². The van der Waals surface area contributed by atoms with Crippen molar-refractivity contribution in [3.8, 4) is 11.5 Å². The molecule has 0 aromatic heterocycles. The summed E-state index contributed by atoms with van der Waals surface area (Å²) >= 11 is 0. The molecule has 2 fully saturated rings. The Kier molecular flexibility index (Phi) is 4.16. The zero-order chi connectivity index (χ0) is 13.9. The van der Waals surface area contributed by atoms with E-state index < -0.39 is 0 Å². The van der Waals surface area contributed by atoms with Crippen molar-refractivity contribution in [2.75, 3.05) is 13.7 Å². The summed E-state index contributed by atoms with van der Waals surface area (Å²) in [5.41, 5.74) is 0.996. The molecule has 1 saturated heterocycles. The molecule has 2 atom stereocenters. The number of phenols is 1. The quantitative estimate of drug-likeness (QED) is 0.915. The number of piperidine rings is 1. The van der Waals surface area contributed by atoms with Gasteiger partial charge in [0.2, 0.25) is 0 Å². The molecule has 20 heavy (non-hydrogen) atoms. The number of hydrogen-bond donors (Lipinski definition) is 1. The maximum Gasteiger partial charge on any atom is 0.162 e. The van der Waals surface area contributed by atoms with E-state index in [4.69, 9.17) is 4.74 Å². The van der Waals surface area contributed by atoms with Crippen LogP contribution in [0.4, 0.5) is 0 Å². The standard InChI is InChI=1S/C17H25NO2/c1-20-16-10-4-7-14(17(16)19)12-18-11-5-8-13-6-2-3-9-15(13)18/h4,7,10,13,15,19H,2-3,5-6,8-9,11-12H2,1H3/t13-,15-/m1/s1. The summed E-state index contributed by atoms with van der Waals surface area (Å²) in [5.74, 6) is 1.78. The summed E-state index contributed by atoms with van der Waals surface area (Å²) in [6, 6.07) is 6.53. The van der Waals surface area contributed by atoms with Gasteiger partial charge in [0.05, 0.1) is 7.11 Å². The zero-order valence-corrected chi connectivity index (χ0v) is 12.3. The molecular weight excluding hydrogens is 250 g/mol. The van der Waals surface area contributed by atoms with Crippen molar-refractivity contribution in [1.82, 2.24) is 4.90 Å². The van der Waals surface area contributed by atoms with Gasteiger partial charge in [-0.3, -0.25) is 4.90 Å². The number of hydrogen-bond acceptors (Lipinski definition) is 3. The molecule has 110 valence electrons. The molecule has 1 saturated carbocycles. The second-order valence-electron chi connectivity index (χ2n) is 6.19. The summed E-state index contributed by atoms with van der Waals surface area (Å²) < 4.78 is 5.21. The molecule has 1 N–H and O–H groups in total. The van der Waals surface area contributed by atoms with Crippen molar-refractivity contribution in [2.45, 2.75) is 51.1 Å². The summed E-state index contributed by atoms with van der Waals surface area (Å²) in [5, 5.41) is 10.3. The van der Waals surface area contributed by atoms with Crippen molar-refractivity contribution in [2.24, 2.45) is 5.92 Å². The SMILES string of the molecule is COc1cccc(CN2CCC[C@H]3CCCC[C@H]32)c1O. The third kappa shape index (κ3) is 2.64. The Morgan fingerprint density at radius 1 is 1.20 bits per heavy atom. The molecule has 1 heterocycles. The van der Waals surface area contributed by atoms with Crippen LogP contribution in [0.1, 0.15) is 44.1 Å². The number of para-hydroxylation sites is 1. The highest BCUT2D eigenvalue weighted by atomic mass is 16.5. The lowest BCUT2D eigenvalue weighted by molar-refractivity contribution is 0.0541. The Hall–Kier alpha value is -1.22. The first-order chi connectivity index (χ1) is 9.79. The van der Waals surface area contributed by atoms with Crippen molar-refractivity contribution >= 4 is 0 Å². The van der Waals surface area contributed by atoms with E-state index in [0.29, 0.717) is 11.5 Å². The molecule has 3 rings (SSSR count). The highest BCUT2D eigenvalue weighted by molar-refractivity contribution is 5.45. The Labute approximate surface area is 121 Å². The average molecular weight is 275 g/mol. The van der Waals surface area contributed by atoms with E-state index in [1.165, 1.54) is 38.5 Å². The third-order valence-electron chi connectivity index (χ3n) is 5.03. The third-order valence-corrected chi connectivity index (χ3v) is 5.03. The Morgan fingerprint density at radius 2 is 2.00 bits per heavy atom. The molecule has 1 aliphatic heterocycles. The fraction of sp³-hybridized carbons (Fsp3) is 0.647. The van der Waals surface area contributed by atoms with Crippen LogP contribution in [0.5, 0.6) is 11.5 Å². The van der Waals surface area contributed by atoms with Gasteiger partial charge >= 0.3 is 0 Å². The number of methoxy groups -OCH3 is 1. The number of ether oxygens (including phenoxy) is 1. The highest BCUT2D eigenvalue weighted by Crippen LogP contribution is 2.37. The second kappa shape index (κ2) is 6.04. The number of benzene rings is 1. The number of aromatic hydroxyl groups is 1. The first kappa shape index (κ1) is 13.7. The van der Waals surface area contributed by atoms with Crippen molar-refractivity contribution < 1.29 is 9.84 Å². The molecule has 0 amide bonds. The fourth-order valence-corrected chi connectivity index (χ4v) is 4.00. The first-order valence-corrected chi connectivity index (χ1v) is 7.88. The second-order valence-corrected chi connectivity index (χ2v) is 6.19. The van der Waals surface area contributed by atoms with Crippen LogP contribution < -0.4 is 4.74 Å². The predicted octanol–water partition coefficient (Wildman–Crippen LogP) is 3.56. The minimum absolute atomic E-state index is 0.313. The van der Waals surface area contributed by atoms with Gasteiger partial charge in [-0.2, -0.15) is 0 Å². The van der Waals surface area contributed by atoms with E-state index >= 15 is 0 Å². The fourth-order valence-electron chi connectivity index (χ4n) is 4.00. The first-order valence-electron chi connectivity index (χ1n) is 7.88. The van der Waals surface area contributed by atoms with Crippen LogP contribution in [-0.4, -0.2) is 29.7 Å². The molecule has 0 bridgehead atoms. The molecule has 2 aliphatic rings. The van der Waals surface area contributed by atoms with Crippen LogP contribution >= 0.6 is 0 Å². The van der Waals surface area contributed by atoms with Crippen LogP contribution in [0.15, 0.2) is 18.2 Å². The lowest BCUT2D eigenvalue weighted by atomic mass is 9.78. The minimum Gasteiger partial charge on any atom is -0.504 e. The van der Waals surface area contributed by atoms with E-state index in [9.17, 15) is 5.11 Å². The van der Waals surface area contributed by atoms with E-state index in [0.717, 1.165) is 30.6 Å². The number of rotatable bonds is 3. The largest absolute Gasteiger partial charge is 0.504 e. The molecule has 1 aromatic rings. The number of nitrogens with zero attached hydrogens (tertiary/aromatic N) is 1. The maximum atomic E-state index is 10.3. The summed E-state index contributed by atoms with van der Waals surface area (Å²) in [6.45, 7) is 2.02. The summed E-state index contributed by atoms with van der Waals surface area (Å²) in [7, 11) is 1.61. The van der Waals surface area contributed by atoms with Gasteiger partial charge < -0.3 is 9.84 Å².